The number of fused-ring (bicyclic) bond motifs is 1. The van der Waals surface area contributed by atoms with Crippen LogP contribution >= 0.6 is 0 Å². The largest absolute Gasteiger partial charge is 0.391 e. The van der Waals surface area contributed by atoms with Crippen LogP contribution in [0.15, 0.2) is 35.4 Å². The average Bonchev–Trinajstić information content (AvgIpc) is 3.34. The molecule has 9 heteroatoms. The third-order valence-corrected chi connectivity index (χ3v) is 6.56. The first kappa shape index (κ1) is 20.8. The van der Waals surface area contributed by atoms with E-state index in [0.29, 0.717) is 23.0 Å². The monoisotopic (exact) mass is 435 g/mol. The number of nitrogens with zero attached hydrogens (tertiary/aromatic N) is 6. The molecule has 5 rings (SSSR count). The lowest BCUT2D eigenvalue weighted by Crippen LogP contribution is -2.44. The lowest BCUT2D eigenvalue weighted by Gasteiger charge is -2.33. The summed E-state index contributed by atoms with van der Waals surface area (Å²) in [6.07, 6.45) is 7.67. The Balaban J connectivity index is 1.42. The van der Waals surface area contributed by atoms with E-state index >= 15 is 0 Å². The van der Waals surface area contributed by atoms with E-state index in [4.69, 9.17) is 0 Å². The molecule has 3 aromatic rings. The summed E-state index contributed by atoms with van der Waals surface area (Å²) in [5.41, 5.74) is 1.93. The maximum atomic E-state index is 13.0. The molecule has 2 fully saturated rings. The summed E-state index contributed by atoms with van der Waals surface area (Å²) in [6.45, 7) is 3.79. The van der Waals surface area contributed by atoms with Crippen molar-refractivity contribution in [2.24, 2.45) is 0 Å². The van der Waals surface area contributed by atoms with E-state index in [-0.39, 0.29) is 18.2 Å². The molecule has 1 saturated heterocycles. The molecule has 4 heterocycles. The molecule has 0 spiro atoms. The second-order valence-corrected chi connectivity index (χ2v) is 8.73. The van der Waals surface area contributed by atoms with Crippen LogP contribution in [0.1, 0.15) is 37.3 Å². The van der Waals surface area contributed by atoms with Crippen molar-refractivity contribution in [2.75, 3.05) is 43.4 Å². The Labute approximate surface area is 186 Å². The third-order valence-electron chi connectivity index (χ3n) is 6.56. The van der Waals surface area contributed by atoms with Crippen LogP contribution in [0.25, 0.3) is 11.0 Å². The summed E-state index contributed by atoms with van der Waals surface area (Å²) in [4.78, 5) is 31.3. The van der Waals surface area contributed by atoms with Gasteiger partial charge in [-0.05, 0) is 38.1 Å². The van der Waals surface area contributed by atoms with Crippen LogP contribution in [-0.4, -0.2) is 62.8 Å². The number of aliphatic hydroxyl groups excluding tert-OH is 1. The molecular weight excluding hydrogens is 406 g/mol. The van der Waals surface area contributed by atoms with E-state index in [1.165, 1.54) is 0 Å². The zero-order chi connectivity index (χ0) is 22.1. The first-order chi connectivity index (χ1) is 15.6. The Bertz CT molecular complexity index is 1150. The van der Waals surface area contributed by atoms with E-state index < -0.39 is 0 Å². The van der Waals surface area contributed by atoms with Crippen LogP contribution < -0.4 is 15.8 Å². The van der Waals surface area contributed by atoms with Crippen LogP contribution in [0.3, 0.4) is 0 Å². The minimum atomic E-state index is -0.287. The molecular formula is C23H29N7O2. The van der Waals surface area contributed by atoms with E-state index in [0.717, 1.165) is 62.9 Å². The van der Waals surface area contributed by atoms with Gasteiger partial charge in [-0.2, -0.15) is 4.98 Å². The molecule has 2 N–H and O–H groups in total. The molecule has 2 aliphatic rings. The maximum Gasteiger partial charge on any atom is 0.258 e. The highest BCUT2D eigenvalue weighted by atomic mass is 16.3. The fourth-order valence-electron chi connectivity index (χ4n) is 4.68. The molecule has 168 valence electrons. The third kappa shape index (κ3) is 4.05. The molecule has 1 saturated carbocycles. The molecule has 0 aromatic carbocycles. The summed E-state index contributed by atoms with van der Waals surface area (Å²) < 4.78 is 1.75. The van der Waals surface area contributed by atoms with E-state index in [1.807, 2.05) is 12.3 Å². The van der Waals surface area contributed by atoms with Crippen LogP contribution in [0, 0.1) is 0 Å². The number of hydrogen-bond acceptors (Lipinski definition) is 8. The lowest BCUT2D eigenvalue weighted by molar-refractivity contribution is 0.279. The van der Waals surface area contributed by atoms with Crippen molar-refractivity contribution in [1.82, 2.24) is 24.4 Å². The van der Waals surface area contributed by atoms with E-state index in [9.17, 15) is 9.90 Å². The number of likely N-dealkylation sites (N-methyl/N-ethyl adjacent to an activating group) is 1. The van der Waals surface area contributed by atoms with Crippen molar-refractivity contribution < 1.29 is 5.11 Å². The van der Waals surface area contributed by atoms with Gasteiger partial charge in [0.1, 0.15) is 11.5 Å². The smallest absolute Gasteiger partial charge is 0.258 e. The molecule has 0 atom stereocenters. The van der Waals surface area contributed by atoms with Crippen LogP contribution in [0.2, 0.25) is 0 Å². The zero-order valence-electron chi connectivity index (χ0n) is 18.4. The average molecular weight is 436 g/mol. The Morgan fingerprint density at radius 2 is 1.88 bits per heavy atom. The van der Waals surface area contributed by atoms with Gasteiger partial charge < -0.3 is 20.2 Å². The fourth-order valence-corrected chi connectivity index (χ4v) is 4.68. The highest BCUT2D eigenvalue weighted by Crippen LogP contribution is 2.31. The van der Waals surface area contributed by atoms with Crippen molar-refractivity contribution >= 4 is 28.5 Å². The highest BCUT2D eigenvalue weighted by Gasteiger charge is 2.22. The van der Waals surface area contributed by atoms with Gasteiger partial charge in [0.2, 0.25) is 5.95 Å². The second-order valence-electron chi connectivity index (χ2n) is 8.73. The minimum Gasteiger partial charge on any atom is -0.391 e. The quantitative estimate of drug-likeness (QED) is 0.630. The lowest BCUT2D eigenvalue weighted by atomic mass is 10.2. The maximum absolute atomic E-state index is 13.0. The van der Waals surface area contributed by atoms with E-state index in [1.54, 1.807) is 16.8 Å². The molecule has 0 amide bonds. The summed E-state index contributed by atoms with van der Waals surface area (Å²) in [6, 6.07) is 5.79. The van der Waals surface area contributed by atoms with Gasteiger partial charge in [-0.15, -0.1) is 0 Å². The van der Waals surface area contributed by atoms with Crippen molar-refractivity contribution in [3.63, 3.8) is 0 Å². The minimum absolute atomic E-state index is 0.111. The van der Waals surface area contributed by atoms with Gasteiger partial charge in [0.15, 0.2) is 0 Å². The van der Waals surface area contributed by atoms with Crippen LogP contribution in [0.5, 0.6) is 0 Å². The van der Waals surface area contributed by atoms with Crippen LogP contribution in [-0.2, 0) is 6.61 Å². The fraction of sp³-hybridized carbons (Fsp3) is 0.478. The van der Waals surface area contributed by atoms with E-state index in [2.05, 4.69) is 43.2 Å². The Hall–Kier alpha value is -3.04. The predicted octanol–water partition coefficient (Wildman–Crippen LogP) is 2.29. The number of aliphatic hydroxyl groups is 1. The number of anilines is 3. The molecule has 0 radical (unpaired) electrons. The Kier molecular flexibility index (Phi) is 5.75. The Morgan fingerprint density at radius 1 is 1.09 bits per heavy atom. The summed E-state index contributed by atoms with van der Waals surface area (Å²) in [5.74, 6) is 1.06. The van der Waals surface area contributed by atoms with Gasteiger partial charge in [-0.25, -0.2) is 9.97 Å². The first-order valence-electron chi connectivity index (χ1n) is 11.3. The normalized spacial score (nSPS) is 17.9. The molecule has 0 unspecified atom stereocenters. The predicted molar refractivity (Wildman–Crippen MR) is 124 cm³/mol. The zero-order valence-corrected chi connectivity index (χ0v) is 18.4. The van der Waals surface area contributed by atoms with Gasteiger partial charge >= 0.3 is 0 Å². The number of pyridine rings is 2. The summed E-state index contributed by atoms with van der Waals surface area (Å²) in [5, 5.41) is 13.6. The molecule has 1 aliphatic heterocycles. The second kappa shape index (κ2) is 8.84. The number of nitrogens with one attached hydrogen (secondary N) is 1. The first-order valence-corrected chi connectivity index (χ1v) is 11.3. The van der Waals surface area contributed by atoms with Crippen molar-refractivity contribution in [3.8, 4) is 0 Å². The SMILES string of the molecule is CN1CCN(c2ccc(Nc3ncc4cc(CO)c(=O)n(C5CCCC5)c4n3)nc2)CC1. The summed E-state index contributed by atoms with van der Waals surface area (Å²) >= 11 is 0. The van der Waals surface area contributed by atoms with Crippen molar-refractivity contribution in [3.05, 3.63) is 46.5 Å². The number of rotatable bonds is 5. The topological polar surface area (TPSA) is 99.4 Å². The standard InChI is InChI=1S/C23H29N7O2/c1-28-8-10-29(11-9-28)19-6-7-20(24-14-19)26-23-25-13-16-12-17(15-31)22(32)30(21(16)27-23)18-4-2-3-5-18/h6-7,12-14,18,31H,2-5,8-11,15H2,1H3,(H,24,25,26,27). The molecule has 3 aromatic heterocycles. The van der Waals surface area contributed by atoms with Gasteiger partial charge in [0, 0.05) is 49.4 Å². The summed E-state index contributed by atoms with van der Waals surface area (Å²) in [7, 11) is 2.14. The van der Waals surface area contributed by atoms with Gasteiger partial charge in [0.25, 0.3) is 5.56 Å². The van der Waals surface area contributed by atoms with Gasteiger partial charge in [-0.1, -0.05) is 12.8 Å². The highest BCUT2D eigenvalue weighted by molar-refractivity contribution is 5.76. The van der Waals surface area contributed by atoms with Crippen molar-refractivity contribution in [1.29, 1.82) is 0 Å². The number of piperazine rings is 1. The van der Waals surface area contributed by atoms with Gasteiger partial charge in [0.05, 0.1) is 18.5 Å². The molecule has 0 bridgehead atoms. The number of aromatic nitrogens is 4. The molecule has 1 aliphatic carbocycles. The van der Waals surface area contributed by atoms with Crippen LogP contribution in [0.4, 0.5) is 17.5 Å². The molecule has 32 heavy (non-hydrogen) atoms. The Morgan fingerprint density at radius 3 is 2.56 bits per heavy atom. The van der Waals surface area contributed by atoms with Crippen molar-refractivity contribution in [2.45, 2.75) is 38.3 Å². The molecule has 9 nitrogen and oxygen atoms in total. The van der Waals surface area contributed by atoms with Gasteiger partial charge in [-0.3, -0.25) is 9.36 Å². The number of hydrogen-bond donors (Lipinski definition) is 2.